The molecule has 5 nitrogen and oxygen atoms in total. The number of amides is 1. The van der Waals surface area contributed by atoms with E-state index in [1.807, 2.05) is 0 Å². The van der Waals surface area contributed by atoms with E-state index in [0.717, 1.165) is 0 Å². The van der Waals surface area contributed by atoms with E-state index in [4.69, 9.17) is 27.9 Å². The number of hydrogen-bond acceptors (Lipinski definition) is 4. The van der Waals surface area contributed by atoms with Gasteiger partial charge in [-0.15, -0.1) is 0 Å². The highest BCUT2D eigenvalue weighted by Crippen LogP contribution is 2.29. The minimum absolute atomic E-state index is 0.139. The molecule has 0 bridgehead atoms. The molecule has 8 heteroatoms. The molecule has 1 heterocycles. The Labute approximate surface area is 152 Å². The largest absolute Gasteiger partial charge is 0.479 e. The molecule has 1 saturated heterocycles. The first-order chi connectivity index (χ1) is 11.2. The van der Waals surface area contributed by atoms with E-state index in [-0.39, 0.29) is 16.9 Å². The lowest BCUT2D eigenvalue weighted by Crippen LogP contribution is -2.47. The zero-order chi connectivity index (χ0) is 17.9. The van der Waals surface area contributed by atoms with E-state index < -0.39 is 15.9 Å². The monoisotopic (exact) mass is 393 g/mol. The van der Waals surface area contributed by atoms with Gasteiger partial charge >= 0.3 is 0 Å². The Bertz CT molecular complexity index is 700. The smallest absolute Gasteiger partial charge is 0.263 e. The predicted molar refractivity (Wildman–Crippen MR) is 95.6 cm³/mol. The Morgan fingerprint density at radius 2 is 1.96 bits per heavy atom. The van der Waals surface area contributed by atoms with Crippen molar-refractivity contribution < 1.29 is 17.9 Å². The molecule has 0 spiro atoms. The highest BCUT2D eigenvalue weighted by Gasteiger charge is 2.32. The van der Waals surface area contributed by atoms with E-state index in [1.165, 1.54) is 0 Å². The number of carbonyl (C=O) groups is 1. The molecule has 1 aliphatic heterocycles. The average molecular weight is 394 g/mol. The number of nitrogens with zero attached hydrogens (tertiary/aromatic N) is 1. The van der Waals surface area contributed by atoms with Gasteiger partial charge in [-0.05, 0) is 38.0 Å². The van der Waals surface area contributed by atoms with Crippen LogP contribution in [0.5, 0.6) is 5.75 Å². The van der Waals surface area contributed by atoms with E-state index in [2.05, 4.69) is 0 Å². The van der Waals surface area contributed by atoms with Crippen molar-refractivity contribution in [1.29, 1.82) is 0 Å². The van der Waals surface area contributed by atoms with E-state index in [9.17, 15) is 13.2 Å². The lowest BCUT2D eigenvalue weighted by atomic mass is 10.1. The maximum atomic E-state index is 12.5. The molecule has 24 heavy (non-hydrogen) atoms. The number of ether oxygens (including phenoxy) is 1. The van der Waals surface area contributed by atoms with Gasteiger partial charge in [0.25, 0.3) is 5.91 Å². The summed E-state index contributed by atoms with van der Waals surface area (Å²) in [4.78, 5) is 14.1. The normalized spacial score (nSPS) is 17.6. The van der Waals surface area contributed by atoms with Crippen LogP contribution in [0, 0.1) is 0 Å². The summed E-state index contributed by atoms with van der Waals surface area (Å²) in [5, 5.41) is 0.480. The molecule has 0 saturated carbocycles. The fourth-order valence-corrected chi connectivity index (χ4v) is 4.59. The summed E-state index contributed by atoms with van der Waals surface area (Å²) in [6.45, 7) is 4.15. The van der Waals surface area contributed by atoms with Crippen molar-refractivity contribution in [2.24, 2.45) is 0 Å². The van der Waals surface area contributed by atoms with Crippen molar-refractivity contribution in [3.63, 3.8) is 0 Å². The molecule has 0 aliphatic carbocycles. The first-order valence-corrected chi connectivity index (χ1v) is 10.3. The fourth-order valence-electron chi connectivity index (χ4n) is 2.74. The number of rotatable bonds is 5. The molecule has 1 atom stereocenters. The van der Waals surface area contributed by atoms with Crippen molar-refractivity contribution in [3.05, 3.63) is 28.2 Å². The van der Waals surface area contributed by atoms with Crippen LogP contribution in [0.2, 0.25) is 10.0 Å². The van der Waals surface area contributed by atoms with Crippen LogP contribution >= 0.6 is 23.2 Å². The average Bonchev–Trinajstić information content (AvgIpc) is 2.56. The second-order valence-corrected chi connectivity index (χ2v) is 9.22. The Morgan fingerprint density at radius 3 is 2.50 bits per heavy atom. The summed E-state index contributed by atoms with van der Waals surface area (Å²) in [5.74, 6) is 0.360. The van der Waals surface area contributed by atoms with E-state index >= 15 is 0 Å². The molecule has 1 aromatic carbocycles. The van der Waals surface area contributed by atoms with Crippen LogP contribution in [0.4, 0.5) is 0 Å². The van der Waals surface area contributed by atoms with Crippen LogP contribution in [0.15, 0.2) is 18.2 Å². The molecule has 1 unspecified atom stereocenters. The van der Waals surface area contributed by atoms with E-state index in [0.29, 0.717) is 41.7 Å². The first kappa shape index (κ1) is 19.3. The minimum Gasteiger partial charge on any atom is -0.479 e. The van der Waals surface area contributed by atoms with Gasteiger partial charge < -0.3 is 9.64 Å². The first-order valence-electron chi connectivity index (χ1n) is 7.86. The summed E-state index contributed by atoms with van der Waals surface area (Å²) < 4.78 is 29.5. The Balaban J connectivity index is 1.95. The SMILES string of the molecule is CCS(=O)(=O)C1CCN(C(=O)C(C)Oc2ccc(Cl)cc2Cl)CC1. The molecule has 0 N–H and O–H groups in total. The van der Waals surface area contributed by atoms with Crippen LogP contribution in [0.1, 0.15) is 26.7 Å². The Kier molecular flexibility index (Phi) is 6.39. The maximum Gasteiger partial charge on any atom is 0.263 e. The predicted octanol–water partition coefficient (Wildman–Crippen LogP) is 3.19. The number of likely N-dealkylation sites (tertiary alicyclic amines) is 1. The van der Waals surface area contributed by atoms with Gasteiger partial charge in [0.15, 0.2) is 15.9 Å². The Morgan fingerprint density at radius 1 is 1.33 bits per heavy atom. The highest BCUT2D eigenvalue weighted by molar-refractivity contribution is 7.92. The molecule has 1 fully saturated rings. The quantitative estimate of drug-likeness (QED) is 0.770. The lowest BCUT2D eigenvalue weighted by molar-refractivity contribution is -0.138. The fraction of sp³-hybridized carbons (Fsp3) is 0.562. The van der Waals surface area contributed by atoms with Gasteiger partial charge in [0.05, 0.1) is 10.3 Å². The third kappa shape index (κ3) is 4.55. The molecular formula is C16H21Cl2NO4S. The number of piperidine rings is 1. The summed E-state index contributed by atoms with van der Waals surface area (Å²) in [6, 6.07) is 4.81. The van der Waals surface area contributed by atoms with Crippen molar-refractivity contribution in [2.75, 3.05) is 18.8 Å². The molecule has 1 aliphatic rings. The highest BCUT2D eigenvalue weighted by atomic mass is 35.5. The molecule has 0 aromatic heterocycles. The minimum atomic E-state index is -3.05. The third-order valence-corrected chi connectivity index (χ3v) is 7.03. The van der Waals surface area contributed by atoms with Crippen molar-refractivity contribution in [1.82, 2.24) is 4.90 Å². The van der Waals surface area contributed by atoms with Crippen LogP contribution in [0.25, 0.3) is 0 Å². The second-order valence-electron chi connectivity index (χ2n) is 5.81. The molecule has 134 valence electrons. The lowest BCUT2D eigenvalue weighted by Gasteiger charge is -2.33. The zero-order valence-electron chi connectivity index (χ0n) is 13.7. The van der Waals surface area contributed by atoms with Gasteiger partial charge in [-0.2, -0.15) is 0 Å². The number of sulfone groups is 1. The molecular weight excluding hydrogens is 373 g/mol. The van der Waals surface area contributed by atoms with Gasteiger partial charge in [-0.3, -0.25) is 4.79 Å². The summed E-state index contributed by atoms with van der Waals surface area (Å²) >= 11 is 11.9. The number of benzene rings is 1. The second kappa shape index (κ2) is 7.93. The molecule has 2 rings (SSSR count). The summed E-state index contributed by atoms with van der Waals surface area (Å²) in [6.07, 6.45) is 0.232. The standard InChI is InChI=1S/C16H21Cl2NO4S/c1-3-24(21,22)13-6-8-19(9-7-13)16(20)11(2)23-15-5-4-12(17)10-14(15)18/h4-5,10-11,13H,3,6-9H2,1-2H3. The van der Waals surface area contributed by atoms with Crippen molar-refractivity contribution in [2.45, 2.75) is 38.0 Å². The molecule has 1 aromatic rings. The van der Waals surface area contributed by atoms with Crippen LogP contribution in [-0.4, -0.2) is 49.4 Å². The summed E-state index contributed by atoms with van der Waals surface area (Å²) in [7, 11) is -3.05. The molecule has 0 radical (unpaired) electrons. The van der Waals surface area contributed by atoms with Crippen molar-refractivity contribution in [3.8, 4) is 5.75 Å². The topological polar surface area (TPSA) is 63.7 Å². The van der Waals surface area contributed by atoms with Gasteiger partial charge in [0.2, 0.25) is 0 Å². The third-order valence-electron chi connectivity index (χ3n) is 4.21. The van der Waals surface area contributed by atoms with Crippen LogP contribution in [0.3, 0.4) is 0 Å². The van der Waals surface area contributed by atoms with Crippen molar-refractivity contribution >= 4 is 38.9 Å². The maximum absolute atomic E-state index is 12.5. The molecule has 1 amide bonds. The van der Waals surface area contributed by atoms with E-state index in [1.54, 1.807) is 36.9 Å². The zero-order valence-corrected chi connectivity index (χ0v) is 16.0. The van der Waals surface area contributed by atoms with Gasteiger partial charge in [0.1, 0.15) is 5.75 Å². The summed E-state index contributed by atoms with van der Waals surface area (Å²) in [5.41, 5.74) is 0. The van der Waals surface area contributed by atoms with Gasteiger partial charge in [-0.25, -0.2) is 8.42 Å². The van der Waals surface area contributed by atoms with Crippen LogP contribution < -0.4 is 4.74 Å². The number of carbonyl (C=O) groups excluding carboxylic acids is 1. The van der Waals surface area contributed by atoms with Gasteiger partial charge in [0, 0.05) is 23.9 Å². The van der Waals surface area contributed by atoms with Gasteiger partial charge in [-0.1, -0.05) is 30.1 Å². The number of halogens is 2. The number of hydrogen-bond donors (Lipinski definition) is 0. The Hall–Kier alpha value is -0.980. The van der Waals surface area contributed by atoms with Crippen LogP contribution in [-0.2, 0) is 14.6 Å².